The van der Waals surface area contributed by atoms with Gasteiger partial charge in [0.05, 0.1) is 6.04 Å². The van der Waals surface area contributed by atoms with E-state index < -0.39 is 18.8 Å². The zero-order valence-corrected chi connectivity index (χ0v) is 17.2. The van der Waals surface area contributed by atoms with E-state index in [4.69, 9.17) is 0 Å². The van der Waals surface area contributed by atoms with E-state index in [9.17, 15) is 22.8 Å². The number of alkyl halides is 3. The quantitative estimate of drug-likeness (QED) is 0.695. The van der Waals surface area contributed by atoms with Crippen molar-refractivity contribution in [1.82, 2.24) is 15.3 Å². The molecular formula is C21H24F3N3O3. The summed E-state index contributed by atoms with van der Waals surface area (Å²) in [6.07, 6.45) is -3.01. The minimum absolute atomic E-state index is 0.0241. The topological polar surface area (TPSA) is 81.2 Å². The zero-order valence-electron chi connectivity index (χ0n) is 17.2. The summed E-state index contributed by atoms with van der Waals surface area (Å²) >= 11 is 0. The van der Waals surface area contributed by atoms with Crippen molar-refractivity contribution in [2.45, 2.75) is 46.3 Å². The third-order valence-corrected chi connectivity index (χ3v) is 4.26. The number of ether oxygens (including phenoxy) is 1. The number of hydrogen-bond acceptors (Lipinski definition) is 5. The number of aromatic nitrogens is 2. The standard InChI is InChI=1S/C21H24F3N3O3/c1-12(2)18(28)10-17-8-16(7-13(3)26-17)20(29)27-14(4)15-5-6-25-19(9-15)30-11-21(22,23)24/h5-9,12,14H,10-11H2,1-4H3,(H,27,29). The number of nitrogens with zero attached hydrogens (tertiary/aromatic N) is 2. The highest BCUT2D eigenvalue weighted by Crippen LogP contribution is 2.21. The first-order valence-corrected chi connectivity index (χ1v) is 9.41. The lowest BCUT2D eigenvalue weighted by Gasteiger charge is -2.16. The first-order chi connectivity index (χ1) is 13.9. The largest absolute Gasteiger partial charge is 0.468 e. The maximum Gasteiger partial charge on any atom is 0.422 e. The Bertz CT molecular complexity index is 914. The molecule has 0 aliphatic carbocycles. The van der Waals surface area contributed by atoms with E-state index in [0.29, 0.717) is 22.5 Å². The second-order valence-corrected chi connectivity index (χ2v) is 7.31. The number of carbonyl (C=O) groups excluding carboxylic acids is 2. The second-order valence-electron chi connectivity index (χ2n) is 7.31. The van der Waals surface area contributed by atoms with Crippen LogP contribution in [0.3, 0.4) is 0 Å². The lowest BCUT2D eigenvalue weighted by molar-refractivity contribution is -0.154. The summed E-state index contributed by atoms with van der Waals surface area (Å²) in [6.45, 7) is 5.58. The van der Waals surface area contributed by atoms with E-state index in [0.717, 1.165) is 0 Å². The Balaban J connectivity index is 2.10. The fraction of sp³-hybridized carbons (Fsp3) is 0.429. The molecule has 2 aromatic rings. The molecule has 1 unspecified atom stereocenters. The van der Waals surface area contributed by atoms with Crippen molar-refractivity contribution in [2.75, 3.05) is 6.61 Å². The van der Waals surface area contributed by atoms with Crippen LogP contribution in [0.2, 0.25) is 0 Å². The van der Waals surface area contributed by atoms with Crippen molar-refractivity contribution in [3.05, 3.63) is 53.0 Å². The Morgan fingerprint density at radius 2 is 1.87 bits per heavy atom. The molecule has 0 fully saturated rings. The summed E-state index contributed by atoms with van der Waals surface area (Å²) in [5, 5.41) is 2.79. The van der Waals surface area contributed by atoms with Gasteiger partial charge in [-0.1, -0.05) is 13.8 Å². The molecular weight excluding hydrogens is 399 g/mol. The Labute approximate surface area is 172 Å². The van der Waals surface area contributed by atoms with Crippen LogP contribution in [0.1, 0.15) is 54.1 Å². The van der Waals surface area contributed by atoms with Gasteiger partial charge in [0.2, 0.25) is 5.88 Å². The summed E-state index contributed by atoms with van der Waals surface area (Å²) in [5.74, 6) is -0.679. The van der Waals surface area contributed by atoms with Crippen LogP contribution in [0.5, 0.6) is 5.88 Å². The molecule has 0 saturated heterocycles. The number of rotatable bonds is 8. The van der Waals surface area contributed by atoms with Gasteiger partial charge in [0, 0.05) is 41.6 Å². The van der Waals surface area contributed by atoms with E-state index >= 15 is 0 Å². The first kappa shape index (κ1) is 23.3. The summed E-state index contributed by atoms with van der Waals surface area (Å²) in [7, 11) is 0. The van der Waals surface area contributed by atoms with Gasteiger partial charge in [-0.15, -0.1) is 0 Å². The molecule has 1 atom stereocenters. The third kappa shape index (κ3) is 7.13. The molecule has 2 heterocycles. The lowest BCUT2D eigenvalue weighted by Crippen LogP contribution is -2.27. The molecule has 2 aromatic heterocycles. The Kier molecular flexibility index (Phi) is 7.53. The highest BCUT2D eigenvalue weighted by atomic mass is 19.4. The summed E-state index contributed by atoms with van der Waals surface area (Å²) in [4.78, 5) is 32.7. The summed E-state index contributed by atoms with van der Waals surface area (Å²) in [5.41, 5.74) is 2.01. The maximum atomic E-state index is 12.7. The molecule has 0 radical (unpaired) electrons. The number of nitrogens with one attached hydrogen (secondary N) is 1. The van der Waals surface area contributed by atoms with Crippen LogP contribution >= 0.6 is 0 Å². The third-order valence-electron chi connectivity index (χ3n) is 4.26. The van der Waals surface area contributed by atoms with E-state index in [1.807, 2.05) is 0 Å². The number of amides is 1. The minimum atomic E-state index is -4.47. The molecule has 9 heteroatoms. The van der Waals surface area contributed by atoms with Crippen molar-refractivity contribution in [3.8, 4) is 5.88 Å². The molecule has 0 bridgehead atoms. The monoisotopic (exact) mass is 423 g/mol. The number of carbonyl (C=O) groups is 2. The number of aryl methyl sites for hydroxylation is 1. The van der Waals surface area contributed by atoms with E-state index in [1.54, 1.807) is 45.9 Å². The predicted octanol–water partition coefficient (Wildman–Crippen LogP) is 3.98. The molecule has 0 spiro atoms. The van der Waals surface area contributed by atoms with E-state index in [1.165, 1.54) is 12.3 Å². The van der Waals surface area contributed by atoms with Crippen molar-refractivity contribution in [3.63, 3.8) is 0 Å². The summed E-state index contributed by atoms with van der Waals surface area (Å²) < 4.78 is 41.6. The predicted molar refractivity (Wildman–Crippen MR) is 104 cm³/mol. The van der Waals surface area contributed by atoms with Gasteiger partial charge in [-0.3, -0.25) is 14.6 Å². The highest BCUT2D eigenvalue weighted by molar-refractivity contribution is 5.95. The normalized spacial score (nSPS) is 12.5. The van der Waals surface area contributed by atoms with Crippen molar-refractivity contribution in [2.24, 2.45) is 5.92 Å². The number of hydrogen-bond donors (Lipinski definition) is 1. The maximum absolute atomic E-state index is 12.7. The molecule has 6 nitrogen and oxygen atoms in total. The summed E-state index contributed by atoms with van der Waals surface area (Å²) in [6, 6.07) is 5.59. The molecule has 0 aromatic carbocycles. The van der Waals surface area contributed by atoms with E-state index in [2.05, 4.69) is 20.0 Å². The minimum Gasteiger partial charge on any atom is -0.468 e. The van der Waals surface area contributed by atoms with Crippen LogP contribution in [0, 0.1) is 12.8 Å². The molecule has 1 N–H and O–H groups in total. The SMILES string of the molecule is Cc1cc(C(=O)NC(C)c2ccnc(OCC(F)(F)F)c2)cc(CC(=O)C(C)C)n1. The average molecular weight is 423 g/mol. The molecule has 30 heavy (non-hydrogen) atoms. The number of Topliss-reactive ketones (excluding diaryl/α,β-unsaturated/α-hetero) is 1. The Hall–Kier alpha value is -2.97. The Morgan fingerprint density at radius 3 is 2.50 bits per heavy atom. The average Bonchev–Trinajstić information content (AvgIpc) is 2.65. The van der Waals surface area contributed by atoms with E-state index in [-0.39, 0.29) is 29.9 Å². The zero-order chi connectivity index (χ0) is 22.5. The van der Waals surface area contributed by atoms with Crippen LogP contribution in [-0.2, 0) is 11.2 Å². The van der Waals surface area contributed by atoms with Gasteiger partial charge in [-0.2, -0.15) is 13.2 Å². The molecule has 1 amide bonds. The second kappa shape index (κ2) is 9.69. The van der Waals surface area contributed by atoms with Gasteiger partial charge >= 0.3 is 6.18 Å². The van der Waals surface area contributed by atoms with Gasteiger partial charge in [0.15, 0.2) is 6.61 Å². The Morgan fingerprint density at radius 1 is 1.17 bits per heavy atom. The van der Waals surface area contributed by atoms with Gasteiger partial charge < -0.3 is 10.1 Å². The van der Waals surface area contributed by atoms with Crippen LogP contribution in [0.4, 0.5) is 13.2 Å². The van der Waals surface area contributed by atoms with Crippen molar-refractivity contribution < 1.29 is 27.5 Å². The molecule has 0 aliphatic rings. The van der Waals surface area contributed by atoms with Crippen molar-refractivity contribution in [1.29, 1.82) is 0 Å². The first-order valence-electron chi connectivity index (χ1n) is 9.41. The molecule has 0 saturated carbocycles. The van der Waals surface area contributed by atoms with Crippen LogP contribution < -0.4 is 10.1 Å². The van der Waals surface area contributed by atoms with Gasteiger partial charge in [0.25, 0.3) is 5.91 Å². The van der Waals surface area contributed by atoms with Crippen LogP contribution in [-0.4, -0.2) is 34.4 Å². The number of ketones is 1. The van der Waals surface area contributed by atoms with Gasteiger partial charge in [-0.05, 0) is 37.6 Å². The van der Waals surface area contributed by atoms with Crippen molar-refractivity contribution >= 4 is 11.7 Å². The van der Waals surface area contributed by atoms with Gasteiger partial charge in [0.1, 0.15) is 5.78 Å². The molecule has 2 rings (SSSR count). The highest BCUT2D eigenvalue weighted by Gasteiger charge is 2.28. The van der Waals surface area contributed by atoms with Crippen LogP contribution in [0.15, 0.2) is 30.5 Å². The number of halogens is 3. The molecule has 0 aliphatic heterocycles. The fourth-order valence-electron chi connectivity index (χ4n) is 2.63. The van der Waals surface area contributed by atoms with Crippen LogP contribution in [0.25, 0.3) is 0 Å². The number of pyridine rings is 2. The molecule has 162 valence electrons. The fourth-order valence-corrected chi connectivity index (χ4v) is 2.63. The lowest BCUT2D eigenvalue weighted by atomic mass is 10.0. The van der Waals surface area contributed by atoms with Gasteiger partial charge in [-0.25, -0.2) is 4.98 Å². The smallest absolute Gasteiger partial charge is 0.422 e.